The standard InChI is InChI=1S/C16H26N2O3S/c1-16(2,3)21-15(20)17-6-4-5-11(8-17)14(19)18-9-13-7-12(18)10-22-13/h11-13H,4-10H2,1-3H3/t11-,12-,13+/m0/s1. The van der Waals surface area contributed by atoms with Crippen molar-refractivity contribution in [2.45, 2.75) is 56.9 Å². The molecule has 2 bridgehead atoms. The highest BCUT2D eigenvalue weighted by atomic mass is 32.2. The Hall–Kier alpha value is -0.910. The minimum atomic E-state index is -0.487. The van der Waals surface area contributed by atoms with E-state index in [4.69, 9.17) is 4.74 Å². The number of likely N-dealkylation sites (tertiary alicyclic amines) is 2. The number of amides is 2. The molecule has 0 N–H and O–H groups in total. The molecule has 3 saturated heterocycles. The van der Waals surface area contributed by atoms with Crippen molar-refractivity contribution in [2.24, 2.45) is 5.92 Å². The molecule has 3 aliphatic heterocycles. The van der Waals surface area contributed by atoms with E-state index in [1.807, 2.05) is 32.5 Å². The first-order valence-electron chi connectivity index (χ1n) is 8.23. The summed E-state index contributed by atoms with van der Waals surface area (Å²) in [5, 5.41) is 0.638. The lowest BCUT2D eigenvalue weighted by Crippen LogP contribution is -2.50. The summed E-state index contributed by atoms with van der Waals surface area (Å²) in [6.07, 6.45) is 2.63. The lowest BCUT2D eigenvalue weighted by Gasteiger charge is -2.36. The van der Waals surface area contributed by atoms with Crippen molar-refractivity contribution in [3.8, 4) is 0 Å². The Kier molecular flexibility index (Phi) is 4.32. The summed E-state index contributed by atoms with van der Waals surface area (Å²) in [5.41, 5.74) is -0.487. The van der Waals surface area contributed by atoms with Gasteiger partial charge in [0.15, 0.2) is 0 Å². The minimum Gasteiger partial charge on any atom is -0.444 e. The summed E-state index contributed by atoms with van der Waals surface area (Å²) >= 11 is 1.99. The summed E-state index contributed by atoms with van der Waals surface area (Å²) in [7, 11) is 0. The predicted octanol–water partition coefficient (Wildman–Crippen LogP) is 2.35. The average Bonchev–Trinajstić information content (AvgIpc) is 3.07. The summed E-state index contributed by atoms with van der Waals surface area (Å²) < 4.78 is 5.44. The number of nitrogens with zero attached hydrogens (tertiary/aromatic N) is 2. The zero-order valence-electron chi connectivity index (χ0n) is 13.7. The molecule has 2 amide bonds. The predicted molar refractivity (Wildman–Crippen MR) is 86.9 cm³/mol. The first kappa shape index (κ1) is 16.0. The van der Waals surface area contributed by atoms with Gasteiger partial charge in [-0.2, -0.15) is 11.8 Å². The topological polar surface area (TPSA) is 49.9 Å². The fourth-order valence-electron chi connectivity index (χ4n) is 3.58. The second-order valence-corrected chi connectivity index (χ2v) is 8.93. The van der Waals surface area contributed by atoms with Crippen molar-refractivity contribution in [1.29, 1.82) is 0 Å². The maximum Gasteiger partial charge on any atom is 0.410 e. The fraction of sp³-hybridized carbons (Fsp3) is 0.875. The van der Waals surface area contributed by atoms with Crippen molar-refractivity contribution in [1.82, 2.24) is 9.80 Å². The molecule has 124 valence electrons. The van der Waals surface area contributed by atoms with Crippen LogP contribution in [-0.4, -0.2) is 64.1 Å². The molecule has 3 atom stereocenters. The third-order valence-electron chi connectivity index (χ3n) is 4.61. The third-order valence-corrected chi connectivity index (χ3v) is 6.00. The lowest BCUT2D eigenvalue weighted by atomic mass is 9.96. The normalized spacial score (nSPS) is 31.5. The molecule has 0 aromatic carbocycles. The average molecular weight is 326 g/mol. The Morgan fingerprint density at radius 2 is 2.00 bits per heavy atom. The van der Waals surface area contributed by atoms with Crippen LogP contribution in [0.5, 0.6) is 0 Å². The molecule has 0 unspecified atom stereocenters. The summed E-state index contributed by atoms with van der Waals surface area (Å²) in [4.78, 5) is 28.8. The third kappa shape index (κ3) is 3.36. The highest BCUT2D eigenvalue weighted by Gasteiger charge is 2.43. The largest absolute Gasteiger partial charge is 0.444 e. The van der Waals surface area contributed by atoms with Crippen molar-refractivity contribution in [2.75, 3.05) is 25.4 Å². The molecule has 3 rings (SSSR count). The zero-order valence-corrected chi connectivity index (χ0v) is 14.5. The summed E-state index contributed by atoms with van der Waals surface area (Å²) in [5.74, 6) is 1.28. The highest BCUT2D eigenvalue weighted by Crippen LogP contribution is 2.38. The number of hydrogen-bond donors (Lipinski definition) is 0. The Morgan fingerprint density at radius 3 is 2.59 bits per heavy atom. The molecule has 0 radical (unpaired) electrons. The van der Waals surface area contributed by atoms with E-state index in [2.05, 4.69) is 4.90 Å². The van der Waals surface area contributed by atoms with Crippen molar-refractivity contribution in [3.05, 3.63) is 0 Å². The molecule has 0 aromatic rings. The molecule has 0 saturated carbocycles. The van der Waals surface area contributed by atoms with Crippen LogP contribution in [0.4, 0.5) is 4.79 Å². The Balaban J connectivity index is 1.58. The minimum absolute atomic E-state index is 0.0504. The molecule has 3 heterocycles. The van der Waals surface area contributed by atoms with Crippen LogP contribution in [0.2, 0.25) is 0 Å². The van der Waals surface area contributed by atoms with Gasteiger partial charge in [0.2, 0.25) is 5.91 Å². The SMILES string of the molecule is CC(C)(C)OC(=O)N1CCC[C@H](C(=O)N2C[C@H]3C[C@H]2CS3)C1. The van der Waals surface area contributed by atoms with E-state index < -0.39 is 5.60 Å². The van der Waals surface area contributed by atoms with Crippen LogP contribution in [0.25, 0.3) is 0 Å². The Morgan fingerprint density at radius 1 is 1.23 bits per heavy atom. The number of carbonyl (C=O) groups is 2. The van der Waals surface area contributed by atoms with Gasteiger partial charge in [0.25, 0.3) is 0 Å². The number of hydrogen-bond acceptors (Lipinski definition) is 4. The quantitative estimate of drug-likeness (QED) is 0.742. The van der Waals surface area contributed by atoms with Gasteiger partial charge in [-0.05, 0) is 40.0 Å². The molecule has 0 aromatic heterocycles. The molecule has 6 heteroatoms. The van der Waals surface area contributed by atoms with Gasteiger partial charge < -0.3 is 14.5 Å². The number of rotatable bonds is 1. The van der Waals surface area contributed by atoms with Crippen LogP contribution >= 0.6 is 11.8 Å². The summed E-state index contributed by atoms with van der Waals surface area (Å²) in [6, 6.07) is 0.430. The van der Waals surface area contributed by atoms with Gasteiger partial charge >= 0.3 is 6.09 Å². The van der Waals surface area contributed by atoms with Gasteiger partial charge in [0.05, 0.1) is 5.92 Å². The van der Waals surface area contributed by atoms with Crippen LogP contribution in [0.3, 0.4) is 0 Å². The van der Waals surface area contributed by atoms with E-state index >= 15 is 0 Å². The molecular formula is C16H26N2O3S. The van der Waals surface area contributed by atoms with E-state index in [1.54, 1.807) is 4.90 Å². The first-order chi connectivity index (χ1) is 10.3. The number of carbonyl (C=O) groups excluding carboxylic acids is 2. The van der Waals surface area contributed by atoms with Crippen molar-refractivity contribution in [3.63, 3.8) is 0 Å². The van der Waals surface area contributed by atoms with E-state index in [0.717, 1.165) is 31.6 Å². The first-order valence-corrected chi connectivity index (χ1v) is 9.28. The van der Waals surface area contributed by atoms with Crippen LogP contribution in [0.1, 0.15) is 40.0 Å². The van der Waals surface area contributed by atoms with Gasteiger partial charge in [-0.15, -0.1) is 0 Å². The summed E-state index contributed by atoms with van der Waals surface area (Å²) in [6.45, 7) is 7.72. The Bertz CT molecular complexity index is 463. The maximum atomic E-state index is 12.8. The van der Waals surface area contributed by atoms with Crippen LogP contribution in [0, 0.1) is 5.92 Å². The van der Waals surface area contributed by atoms with Gasteiger partial charge in [0, 0.05) is 36.7 Å². The number of ether oxygens (including phenoxy) is 1. The smallest absolute Gasteiger partial charge is 0.410 e. The van der Waals surface area contributed by atoms with E-state index in [-0.39, 0.29) is 17.9 Å². The monoisotopic (exact) mass is 326 g/mol. The van der Waals surface area contributed by atoms with Gasteiger partial charge in [-0.1, -0.05) is 0 Å². The van der Waals surface area contributed by atoms with Gasteiger partial charge in [-0.3, -0.25) is 4.79 Å². The number of piperidine rings is 1. The fourth-order valence-corrected chi connectivity index (χ4v) is 5.01. The van der Waals surface area contributed by atoms with Crippen molar-refractivity contribution >= 4 is 23.8 Å². The van der Waals surface area contributed by atoms with E-state index in [0.29, 0.717) is 24.4 Å². The van der Waals surface area contributed by atoms with Crippen LogP contribution < -0.4 is 0 Å². The second-order valence-electron chi connectivity index (χ2n) is 7.60. The zero-order chi connectivity index (χ0) is 15.9. The van der Waals surface area contributed by atoms with Crippen LogP contribution in [0.15, 0.2) is 0 Å². The molecular weight excluding hydrogens is 300 g/mol. The number of thioether (sulfide) groups is 1. The van der Waals surface area contributed by atoms with Crippen LogP contribution in [-0.2, 0) is 9.53 Å². The second kappa shape index (κ2) is 5.95. The molecule has 22 heavy (non-hydrogen) atoms. The highest BCUT2D eigenvalue weighted by molar-refractivity contribution is 8.00. The van der Waals surface area contributed by atoms with E-state index in [1.165, 1.54) is 0 Å². The number of fused-ring (bicyclic) bond motifs is 2. The van der Waals surface area contributed by atoms with E-state index in [9.17, 15) is 9.59 Å². The van der Waals surface area contributed by atoms with Gasteiger partial charge in [0.1, 0.15) is 5.60 Å². The molecule has 0 aliphatic carbocycles. The molecule has 3 aliphatic rings. The van der Waals surface area contributed by atoms with Crippen molar-refractivity contribution < 1.29 is 14.3 Å². The molecule has 3 fully saturated rings. The molecule has 5 nitrogen and oxygen atoms in total. The molecule has 0 spiro atoms. The Labute approximate surface area is 136 Å². The lowest BCUT2D eigenvalue weighted by molar-refractivity contribution is -0.137. The van der Waals surface area contributed by atoms with Gasteiger partial charge in [-0.25, -0.2) is 4.79 Å². The maximum absolute atomic E-state index is 12.8.